The molecule has 0 spiro atoms. The number of unbranched alkanes of at least 4 members (excludes halogenated alkanes) is 1. The number of hydrogen-bond donors (Lipinski definition) is 1. The van der Waals surface area contributed by atoms with E-state index in [1.807, 2.05) is 18.7 Å². The molecule has 0 bridgehead atoms. The van der Waals surface area contributed by atoms with E-state index in [2.05, 4.69) is 6.92 Å². The second kappa shape index (κ2) is 7.61. The molecule has 1 atom stereocenters. The minimum atomic E-state index is -1.27. The van der Waals surface area contributed by atoms with Gasteiger partial charge in [-0.25, -0.2) is 4.79 Å². The monoisotopic (exact) mass is 294 g/mol. The lowest BCUT2D eigenvalue weighted by molar-refractivity contribution is -0.384. The third kappa shape index (κ3) is 3.93. The zero-order valence-corrected chi connectivity index (χ0v) is 12.7. The maximum atomic E-state index is 11.4. The molecule has 21 heavy (non-hydrogen) atoms. The molecule has 0 aliphatic rings. The average molecular weight is 294 g/mol. The van der Waals surface area contributed by atoms with Gasteiger partial charge >= 0.3 is 11.7 Å². The van der Waals surface area contributed by atoms with Crippen LogP contribution in [0.5, 0.6) is 0 Å². The number of carboxylic acid groups (broad SMARTS) is 1. The van der Waals surface area contributed by atoms with Crippen LogP contribution in [0.25, 0.3) is 0 Å². The van der Waals surface area contributed by atoms with Crippen molar-refractivity contribution in [3.63, 3.8) is 0 Å². The molecule has 0 aliphatic heterocycles. The summed E-state index contributed by atoms with van der Waals surface area (Å²) in [5, 5.41) is 20.5. The van der Waals surface area contributed by atoms with E-state index in [-0.39, 0.29) is 17.3 Å². The molecule has 0 radical (unpaired) electrons. The van der Waals surface area contributed by atoms with Crippen LogP contribution in [-0.2, 0) is 0 Å². The Morgan fingerprint density at radius 3 is 2.57 bits per heavy atom. The highest BCUT2D eigenvalue weighted by Crippen LogP contribution is 2.33. The van der Waals surface area contributed by atoms with Crippen LogP contribution in [0.15, 0.2) is 18.2 Å². The van der Waals surface area contributed by atoms with Crippen molar-refractivity contribution in [2.45, 2.75) is 46.1 Å². The average Bonchev–Trinajstić information content (AvgIpc) is 2.46. The minimum Gasteiger partial charge on any atom is -0.477 e. The number of para-hydroxylation sites is 1. The Morgan fingerprint density at radius 2 is 2.10 bits per heavy atom. The van der Waals surface area contributed by atoms with Crippen LogP contribution < -0.4 is 4.90 Å². The van der Waals surface area contributed by atoms with E-state index in [1.165, 1.54) is 6.07 Å². The van der Waals surface area contributed by atoms with Crippen LogP contribution in [0, 0.1) is 10.1 Å². The van der Waals surface area contributed by atoms with Gasteiger partial charge in [0.1, 0.15) is 11.3 Å². The van der Waals surface area contributed by atoms with Gasteiger partial charge in [-0.05, 0) is 31.9 Å². The largest absolute Gasteiger partial charge is 0.477 e. The number of nitro groups is 1. The van der Waals surface area contributed by atoms with E-state index in [0.29, 0.717) is 12.2 Å². The van der Waals surface area contributed by atoms with Gasteiger partial charge in [-0.1, -0.05) is 26.3 Å². The van der Waals surface area contributed by atoms with Crippen molar-refractivity contribution in [1.29, 1.82) is 0 Å². The quantitative estimate of drug-likeness (QED) is 0.583. The van der Waals surface area contributed by atoms with Crippen molar-refractivity contribution in [3.05, 3.63) is 33.9 Å². The highest BCUT2D eigenvalue weighted by Gasteiger charge is 2.28. The molecule has 0 aromatic heterocycles. The lowest BCUT2D eigenvalue weighted by Crippen LogP contribution is -2.34. The molecule has 0 saturated carbocycles. The van der Waals surface area contributed by atoms with Crippen molar-refractivity contribution >= 4 is 17.3 Å². The smallest absolute Gasteiger partial charge is 0.342 e. The summed E-state index contributed by atoms with van der Waals surface area (Å²) in [6, 6.07) is 4.58. The van der Waals surface area contributed by atoms with Gasteiger partial charge in [0.2, 0.25) is 0 Å². The SMILES string of the molecule is CCCCN(c1cccc(C(=O)O)c1[N+](=O)[O-])C(C)CC. The first-order valence-corrected chi connectivity index (χ1v) is 7.21. The van der Waals surface area contributed by atoms with Crippen molar-refractivity contribution in [1.82, 2.24) is 0 Å². The highest BCUT2D eigenvalue weighted by atomic mass is 16.6. The number of aromatic carboxylic acids is 1. The number of rotatable bonds is 8. The number of anilines is 1. The Labute approximate surface area is 124 Å². The number of nitrogens with zero attached hydrogens (tertiary/aromatic N) is 2. The lowest BCUT2D eigenvalue weighted by atomic mass is 10.1. The van der Waals surface area contributed by atoms with Gasteiger partial charge in [0, 0.05) is 12.6 Å². The fraction of sp³-hybridized carbons (Fsp3) is 0.533. The Bertz CT molecular complexity index is 516. The predicted molar refractivity (Wildman–Crippen MR) is 82.1 cm³/mol. The second-order valence-electron chi connectivity index (χ2n) is 5.04. The molecular weight excluding hydrogens is 272 g/mol. The van der Waals surface area contributed by atoms with E-state index in [0.717, 1.165) is 19.3 Å². The van der Waals surface area contributed by atoms with Crippen molar-refractivity contribution < 1.29 is 14.8 Å². The first kappa shape index (κ1) is 16.9. The number of carbonyl (C=O) groups is 1. The summed E-state index contributed by atoms with van der Waals surface area (Å²) in [6.07, 6.45) is 2.70. The fourth-order valence-electron chi connectivity index (χ4n) is 2.25. The first-order chi connectivity index (χ1) is 9.93. The van der Waals surface area contributed by atoms with Crippen LogP contribution in [0.1, 0.15) is 50.4 Å². The molecule has 1 aromatic rings. The molecule has 0 amide bonds. The first-order valence-electron chi connectivity index (χ1n) is 7.21. The maximum absolute atomic E-state index is 11.4. The predicted octanol–water partition coefficient (Wildman–Crippen LogP) is 3.70. The van der Waals surface area contributed by atoms with Gasteiger partial charge in [-0.2, -0.15) is 0 Å². The van der Waals surface area contributed by atoms with Crippen LogP contribution >= 0.6 is 0 Å². The Morgan fingerprint density at radius 1 is 1.43 bits per heavy atom. The van der Waals surface area contributed by atoms with Crippen LogP contribution in [0.3, 0.4) is 0 Å². The zero-order chi connectivity index (χ0) is 16.0. The molecule has 116 valence electrons. The van der Waals surface area contributed by atoms with Gasteiger partial charge in [-0.15, -0.1) is 0 Å². The standard InChI is InChI=1S/C15H22N2O4/c1-4-6-10-16(11(3)5-2)13-9-7-8-12(15(18)19)14(13)17(20)21/h7-9,11H,4-6,10H2,1-3H3,(H,18,19). The van der Waals surface area contributed by atoms with Crippen LogP contribution in [-0.4, -0.2) is 28.6 Å². The summed E-state index contributed by atoms with van der Waals surface area (Å²) in [5.41, 5.74) is -0.189. The zero-order valence-electron chi connectivity index (χ0n) is 12.7. The summed E-state index contributed by atoms with van der Waals surface area (Å²) < 4.78 is 0. The fourth-order valence-corrected chi connectivity index (χ4v) is 2.25. The van der Waals surface area contributed by atoms with Gasteiger partial charge < -0.3 is 10.0 Å². The Hall–Kier alpha value is -2.11. The highest BCUT2D eigenvalue weighted by molar-refractivity contribution is 5.95. The molecule has 0 saturated heterocycles. The minimum absolute atomic E-state index is 0.110. The van der Waals surface area contributed by atoms with E-state index >= 15 is 0 Å². The van der Waals surface area contributed by atoms with Crippen molar-refractivity contribution in [2.24, 2.45) is 0 Å². The molecule has 0 fully saturated rings. The van der Waals surface area contributed by atoms with Crippen molar-refractivity contribution in [3.8, 4) is 0 Å². The Balaban J connectivity index is 3.39. The molecule has 6 heteroatoms. The summed E-state index contributed by atoms with van der Waals surface area (Å²) >= 11 is 0. The molecule has 0 heterocycles. The number of hydrogen-bond acceptors (Lipinski definition) is 4. The summed E-state index contributed by atoms with van der Waals surface area (Å²) in [7, 11) is 0. The summed E-state index contributed by atoms with van der Waals surface area (Å²) in [5.74, 6) is -1.27. The van der Waals surface area contributed by atoms with Crippen LogP contribution in [0.4, 0.5) is 11.4 Å². The topological polar surface area (TPSA) is 83.7 Å². The molecule has 1 aromatic carbocycles. The van der Waals surface area contributed by atoms with E-state index in [9.17, 15) is 14.9 Å². The normalized spacial score (nSPS) is 12.0. The molecule has 1 rings (SSSR count). The summed E-state index contributed by atoms with van der Waals surface area (Å²) in [6.45, 7) is 6.73. The Kier molecular flexibility index (Phi) is 6.14. The van der Waals surface area contributed by atoms with Crippen molar-refractivity contribution in [2.75, 3.05) is 11.4 Å². The van der Waals surface area contributed by atoms with Gasteiger partial charge in [-0.3, -0.25) is 10.1 Å². The van der Waals surface area contributed by atoms with Gasteiger partial charge in [0.25, 0.3) is 0 Å². The summed E-state index contributed by atoms with van der Waals surface area (Å²) in [4.78, 5) is 23.9. The number of nitro benzene ring substituents is 1. The molecule has 6 nitrogen and oxygen atoms in total. The van der Waals surface area contributed by atoms with E-state index < -0.39 is 10.9 Å². The lowest BCUT2D eigenvalue weighted by Gasteiger charge is -2.30. The molecule has 0 aliphatic carbocycles. The van der Waals surface area contributed by atoms with Gasteiger partial charge in [0.05, 0.1) is 4.92 Å². The van der Waals surface area contributed by atoms with E-state index in [4.69, 9.17) is 5.11 Å². The molecule has 1 N–H and O–H groups in total. The third-order valence-electron chi connectivity index (χ3n) is 3.61. The molecule has 1 unspecified atom stereocenters. The van der Waals surface area contributed by atoms with E-state index in [1.54, 1.807) is 12.1 Å². The maximum Gasteiger partial charge on any atom is 0.342 e. The van der Waals surface area contributed by atoms with Crippen LogP contribution in [0.2, 0.25) is 0 Å². The van der Waals surface area contributed by atoms with Gasteiger partial charge in [0.15, 0.2) is 0 Å². The number of carboxylic acids is 1. The number of benzene rings is 1. The third-order valence-corrected chi connectivity index (χ3v) is 3.61. The molecular formula is C15H22N2O4. The second-order valence-corrected chi connectivity index (χ2v) is 5.04.